The lowest BCUT2D eigenvalue weighted by Gasteiger charge is -2.30. The van der Waals surface area contributed by atoms with Crippen molar-refractivity contribution in [3.05, 3.63) is 65.2 Å². The molecule has 0 bridgehead atoms. The number of carbonyl (C=O) groups is 2. The number of rotatable bonds is 11. The molecule has 2 aromatic carbocycles. The first kappa shape index (κ1) is 24.4. The summed E-state index contributed by atoms with van der Waals surface area (Å²) >= 11 is 0. The summed E-state index contributed by atoms with van der Waals surface area (Å²) in [4.78, 5) is 27.6. The van der Waals surface area contributed by atoms with Gasteiger partial charge in [0.2, 0.25) is 11.8 Å². The van der Waals surface area contributed by atoms with Gasteiger partial charge in [0.25, 0.3) is 0 Å². The van der Waals surface area contributed by atoms with E-state index in [2.05, 4.69) is 43.4 Å². The lowest BCUT2D eigenvalue weighted by Crippen LogP contribution is -2.49. The van der Waals surface area contributed by atoms with Gasteiger partial charge in [-0.1, -0.05) is 57.2 Å². The second kappa shape index (κ2) is 12.1. The normalized spacial score (nSPS) is 11.8. The van der Waals surface area contributed by atoms with Crippen molar-refractivity contribution in [2.24, 2.45) is 0 Å². The molecule has 0 spiro atoms. The maximum absolute atomic E-state index is 13.2. The van der Waals surface area contributed by atoms with Crippen LogP contribution in [0.15, 0.2) is 48.5 Å². The highest BCUT2D eigenvalue weighted by Crippen LogP contribution is 2.19. The number of ether oxygens (including phenoxy) is 1. The molecule has 2 rings (SSSR count). The quantitative estimate of drug-likeness (QED) is 0.569. The molecule has 0 unspecified atom stereocenters. The molecule has 2 aromatic rings. The van der Waals surface area contributed by atoms with E-state index in [1.165, 1.54) is 5.56 Å². The summed E-state index contributed by atoms with van der Waals surface area (Å²) < 4.78 is 5.23. The SMILES string of the molecule is CCNC(=O)[C@H](CC)N(Cc1ccc(OC)cc1)C(=O)CCc1ccc(C(C)C)cc1. The summed E-state index contributed by atoms with van der Waals surface area (Å²) in [6.07, 6.45) is 1.59. The Labute approximate surface area is 186 Å². The summed E-state index contributed by atoms with van der Waals surface area (Å²) in [6, 6.07) is 15.6. The van der Waals surface area contributed by atoms with Gasteiger partial charge >= 0.3 is 0 Å². The molecule has 0 aliphatic heterocycles. The lowest BCUT2D eigenvalue weighted by atomic mass is 10.00. The van der Waals surface area contributed by atoms with Crippen molar-refractivity contribution < 1.29 is 14.3 Å². The van der Waals surface area contributed by atoms with Crippen LogP contribution in [0.5, 0.6) is 5.75 Å². The standard InChI is InChI=1S/C26H36N2O3/c1-6-24(26(30)27-7-2)28(18-21-10-15-23(31-5)16-11-21)25(29)17-12-20-8-13-22(14-9-20)19(3)4/h8-11,13-16,19,24H,6-7,12,17-18H2,1-5H3,(H,27,30)/t24-/m0/s1. The average molecular weight is 425 g/mol. The molecular weight excluding hydrogens is 388 g/mol. The van der Waals surface area contributed by atoms with Crippen molar-refractivity contribution in [1.29, 1.82) is 0 Å². The topological polar surface area (TPSA) is 58.6 Å². The Morgan fingerprint density at radius 2 is 1.58 bits per heavy atom. The van der Waals surface area contributed by atoms with Crippen LogP contribution < -0.4 is 10.1 Å². The fourth-order valence-electron chi connectivity index (χ4n) is 3.60. The molecule has 31 heavy (non-hydrogen) atoms. The Balaban J connectivity index is 2.16. The van der Waals surface area contributed by atoms with Crippen molar-refractivity contribution in [2.45, 2.75) is 65.5 Å². The summed E-state index contributed by atoms with van der Waals surface area (Å²) in [7, 11) is 1.63. The highest BCUT2D eigenvalue weighted by molar-refractivity contribution is 5.87. The number of amides is 2. The van der Waals surface area contributed by atoms with Crippen molar-refractivity contribution >= 4 is 11.8 Å². The van der Waals surface area contributed by atoms with Gasteiger partial charge in [0.1, 0.15) is 11.8 Å². The minimum absolute atomic E-state index is 0.0122. The van der Waals surface area contributed by atoms with Gasteiger partial charge in [0.05, 0.1) is 7.11 Å². The molecule has 1 N–H and O–H groups in total. The van der Waals surface area contributed by atoms with Gasteiger partial charge in [-0.25, -0.2) is 0 Å². The Kier molecular flexibility index (Phi) is 9.57. The molecule has 0 heterocycles. The highest BCUT2D eigenvalue weighted by atomic mass is 16.5. The van der Waals surface area contributed by atoms with Gasteiger partial charge in [-0.2, -0.15) is 0 Å². The highest BCUT2D eigenvalue weighted by Gasteiger charge is 2.28. The molecule has 0 aromatic heterocycles. The van der Waals surface area contributed by atoms with Crippen LogP contribution in [0.3, 0.4) is 0 Å². The number of hydrogen-bond acceptors (Lipinski definition) is 3. The van der Waals surface area contributed by atoms with Crippen LogP contribution >= 0.6 is 0 Å². The van der Waals surface area contributed by atoms with Crippen molar-refractivity contribution in [3.63, 3.8) is 0 Å². The van der Waals surface area contributed by atoms with Gasteiger partial charge in [0.15, 0.2) is 0 Å². The van der Waals surface area contributed by atoms with E-state index < -0.39 is 6.04 Å². The van der Waals surface area contributed by atoms with Crippen LogP contribution in [-0.4, -0.2) is 36.4 Å². The van der Waals surface area contributed by atoms with E-state index >= 15 is 0 Å². The van der Waals surface area contributed by atoms with E-state index in [0.717, 1.165) is 16.9 Å². The molecule has 5 heteroatoms. The summed E-state index contributed by atoms with van der Waals surface area (Å²) in [5, 5.41) is 2.87. The minimum Gasteiger partial charge on any atom is -0.497 e. The molecule has 2 amide bonds. The zero-order valence-corrected chi connectivity index (χ0v) is 19.5. The third kappa shape index (κ3) is 7.12. The van der Waals surface area contributed by atoms with Crippen LogP contribution in [-0.2, 0) is 22.6 Å². The smallest absolute Gasteiger partial charge is 0.242 e. The summed E-state index contributed by atoms with van der Waals surface area (Å²) in [5.41, 5.74) is 3.39. The van der Waals surface area contributed by atoms with E-state index in [1.807, 2.05) is 38.1 Å². The Morgan fingerprint density at radius 1 is 0.968 bits per heavy atom. The van der Waals surface area contributed by atoms with E-state index in [4.69, 9.17) is 4.74 Å². The Hall–Kier alpha value is -2.82. The molecule has 0 saturated carbocycles. The fraction of sp³-hybridized carbons (Fsp3) is 0.462. The number of aryl methyl sites for hydroxylation is 1. The molecule has 1 atom stereocenters. The third-order valence-corrected chi connectivity index (χ3v) is 5.52. The predicted octanol–water partition coefficient (Wildman–Crippen LogP) is 4.69. The number of methoxy groups -OCH3 is 1. The fourth-order valence-corrected chi connectivity index (χ4v) is 3.60. The molecule has 0 fully saturated rings. The van der Waals surface area contributed by atoms with Crippen molar-refractivity contribution in [3.8, 4) is 5.75 Å². The first-order chi connectivity index (χ1) is 14.9. The number of hydrogen-bond donors (Lipinski definition) is 1. The van der Waals surface area contributed by atoms with Crippen LogP contribution in [0, 0.1) is 0 Å². The van der Waals surface area contributed by atoms with E-state index in [9.17, 15) is 9.59 Å². The Bertz CT molecular complexity index is 829. The van der Waals surface area contributed by atoms with Crippen LogP contribution in [0.1, 0.15) is 63.1 Å². The number of likely N-dealkylation sites (N-methyl/N-ethyl adjacent to an activating group) is 1. The van der Waals surface area contributed by atoms with E-state index in [0.29, 0.717) is 38.3 Å². The molecule has 168 valence electrons. The van der Waals surface area contributed by atoms with Crippen molar-refractivity contribution in [1.82, 2.24) is 10.2 Å². The maximum atomic E-state index is 13.2. The molecule has 0 aliphatic carbocycles. The number of benzene rings is 2. The number of nitrogens with zero attached hydrogens (tertiary/aromatic N) is 1. The lowest BCUT2D eigenvalue weighted by molar-refractivity contribution is -0.141. The minimum atomic E-state index is -0.488. The van der Waals surface area contributed by atoms with Gasteiger partial charge in [-0.05, 0) is 54.5 Å². The average Bonchev–Trinajstić information content (AvgIpc) is 2.78. The van der Waals surface area contributed by atoms with E-state index in [-0.39, 0.29) is 11.8 Å². The zero-order chi connectivity index (χ0) is 22.8. The van der Waals surface area contributed by atoms with Gasteiger partial charge in [-0.15, -0.1) is 0 Å². The first-order valence-corrected chi connectivity index (χ1v) is 11.2. The van der Waals surface area contributed by atoms with Crippen LogP contribution in [0.2, 0.25) is 0 Å². The third-order valence-electron chi connectivity index (χ3n) is 5.52. The predicted molar refractivity (Wildman–Crippen MR) is 125 cm³/mol. The zero-order valence-electron chi connectivity index (χ0n) is 19.5. The van der Waals surface area contributed by atoms with Gasteiger partial charge in [0, 0.05) is 19.5 Å². The second-order valence-electron chi connectivity index (χ2n) is 8.08. The molecule has 0 saturated heterocycles. The van der Waals surface area contributed by atoms with E-state index in [1.54, 1.807) is 12.0 Å². The summed E-state index contributed by atoms with van der Waals surface area (Å²) in [6.45, 7) is 9.11. The van der Waals surface area contributed by atoms with Crippen LogP contribution in [0.4, 0.5) is 0 Å². The Morgan fingerprint density at radius 3 is 2.10 bits per heavy atom. The molecule has 0 aliphatic rings. The summed E-state index contributed by atoms with van der Waals surface area (Å²) in [5.74, 6) is 1.13. The molecular formula is C26H36N2O3. The molecule has 0 radical (unpaired) electrons. The maximum Gasteiger partial charge on any atom is 0.242 e. The second-order valence-corrected chi connectivity index (χ2v) is 8.08. The van der Waals surface area contributed by atoms with Gasteiger partial charge in [-0.3, -0.25) is 9.59 Å². The monoisotopic (exact) mass is 424 g/mol. The van der Waals surface area contributed by atoms with Crippen molar-refractivity contribution in [2.75, 3.05) is 13.7 Å². The van der Waals surface area contributed by atoms with Gasteiger partial charge < -0.3 is 15.0 Å². The largest absolute Gasteiger partial charge is 0.497 e. The van der Waals surface area contributed by atoms with Crippen LogP contribution in [0.25, 0.3) is 0 Å². The number of nitrogens with one attached hydrogen (secondary N) is 1. The first-order valence-electron chi connectivity index (χ1n) is 11.2. The number of carbonyl (C=O) groups excluding carboxylic acids is 2. The molecule has 5 nitrogen and oxygen atoms in total.